The number of aryl methyl sites for hydroxylation is 1. The van der Waals surface area contributed by atoms with Crippen LogP contribution in [0.5, 0.6) is 0 Å². The predicted molar refractivity (Wildman–Crippen MR) is 139 cm³/mol. The number of hydrogen-bond donors (Lipinski definition) is 0. The summed E-state index contributed by atoms with van der Waals surface area (Å²) >= 11 is 12.1. The molecular weight excluding hydrogens is 525 g/mol. The van der Waals surface area contributed by atoms with Crippen molar-refractivity contribution in [3.05, 3.63) is 70.5 Å². The Morgan fingerprint density at radius 2 is 1.64 bits per heavy atom. The van der Waals surface area contributed by atoms with Crippen molar-refractivity contribution >= 4 is 55.7 Å². The molecule has 4 rings (SSSR count). The van der Waals surface area contributed by atoms with Crippen molar-refractivity contribution in [2.24, 2.45) is 0 Å². The first-order chi connectivity index (χ1) is 16.8. The average molecular weight is 548 g/mol. The highest BCUT2D eigenvalue weighted by Gasteiger charge is 2.30. The van der Waals surface area contributed by atoms with Crippen molar-refractivity contribution in [2.45, 2.75) is 38.2 Å². The van der Waals surface area contributed by atoms with Crippen LogP contribution in [-0.2, 0) is 19.6 Å². The Hall–Kier alpha value is -3.14. The van der Waals surface area contributed by atoms with E-state index in [4.69, 9.17) is 32.5 Å². The molecule has 1 heterocycles. The van der Waals surface area contributed by atoms with E-state index in [9.17, 15) is 13.2 Å². The summed E-state index contributed by atoms with van der Waals surface area (Å²) in [4.78, 5) is 16.8. The fourth-order valence-electron chi connectivity index (χ4n) is 3.55. The lowest BCUT2D eigenvalue weighted by Gasteiger charge is -2.26. The normalized spacial score (nSPS) is 12.1. The largest absolute Gasteiger partial charge is 0.459 e. The quantitative estimate of drug-likeness (QED) is 0.271. The van der Waals surface area contributed by atoms with Gasteiger partial charge in [0.25, 0.3) is 15.9 Å². The molecule has 0 radical (unpaired) electrons. The van der Waals surface area contributed by atoms with E-state index in [0.29, 0.717) is 11.7 Å². The minimum absolute atomic E-state index is 0.147. The third-order valence-electron chi connectivity index (χ3n) is 5.00. The van der Waals surface area contributed by atoms with Gasteiger partial charge >= 0.3 is 5.97 Å². The maximum Gasteiger partial charge on any atom is 0.327 e. The minimum atomic E-state index is -4.24. The van der Waals surface area contributed by atoms with Gasteiger partial charge in [0.2, 0.25) is 0 Å². The minimum Gasteiger partial charge on any atom is -0.459 e. The Kier molecular flexibility index (Phi) is 7.01. The van der Waals surface area contributed by atoms with Crippen LogP contribution in [0.15, 0.2) is 64.0 Å². The molecule has 0 aliphatic heterocycles. The number of nitrogens with zero attached hydrogens (tertiary/aromatic N) is 3. The molecule has 3 aromatic carbocycles. The molecule has 0 atom stereocenters. The third kappa shape index (κ3) is 5.80. The average Bonchev–Trinajstić information content (AvgIpc) is 3.21. The van der Waals surface area contributed by atoms with Crippen LogP contribution < -0.4 is 4.31 Å². The second-order valence-corrected chi connectivity index (χ2v) is 11.8. The summed E-state index contributed by atoms with van der Waals surface area (Å²) in [5.74, 6) is 0.191. The van der Waals surface area contributed by atoms with Crippen molar-refractivity contribution < 1.29 is 22.5 Å². The maximum atomic E-state index is 13.7. The lowest BCUT2D eigenvalue weighted by molar-refractivity contribution is -0.152. The first kappa shape index (κ1) is 25.9. The first-order valence-electron chi connectivity index (χ1n) is 10.9. The highest BCUT2D eigenvalue weighted by Crippen LogP contribution is 2.32. The van der Waals surface area contributed by atoms with Crippen LogP contribution in [0.2, 0.25) is 10.0 Å². The van der Waals surface area contributed by atoms with Crippen LogP contribution in [-0.4, -0.2) is 36.7 Å². The maximum absolute atomic E-state index is 13.7. The zero-order valence-electron chi connectivity index (χ0n) is 20.0. The van der Waals surface area contributed by atoms with Crippen LogP contribution in [0, 0.1) is 6.92 Å². The topological polar surface area (TPSA) is 103 Å². The molecular formula is C25H23Cl2N3O5S. The van der Waals surface area contributed by atoms with Crippen LogP contribution >= 0.6 is 23.2 Å². The molecule has 0 spiro atoms. The summed E-state index contributed by atoms with van der Waals surface area (Å²) in [7, 11) is -4.24. The van der Waals surface area contributed by atoms with Gasteiger partial charge in [0, 0.05) is 15.6 Å². The third-order valence-corrected chi connectivity index (χ3v) is 7.19. The Morgan fingerprint density at radius 3 is 2.25 bits per heavy atom. The molecule has 36 heavy (non-hydrogen) atoms. The van der Waals surface area contributed by atoms with Crippen molar-refractivity contribution in [2.75, 3.05) is 10.8 Å². The Balaban J connectivity index is 1.78. The molecule has 4 aromatic rings. The number of ether oxygens (including phenoxy) is 1. The van der Waals surface area contributed by atoms with Gasteiger partial charge in [-0.05, 0) is 80.9 Å². The summed E-state index contributed by atoms with van der Waals surface area (Å²) in [5, 5.41) is 5.67. The van der Waals surface area contributed by atoms with Gasteiger partial charge in [-0.25, -0.2) is 8.42 Å². The zero-order valence-corrected chi connectivity index (χ0v) is 22.3. The van der Waals surface area contributed by atoms with Crippen molar-refractivity contribution in [1.82, 2.24) is 10.1 Å². The summed E-state index contributed by atoms with van der Waals surface area (Å²) in [6.45, 7) is 6.30. The monoisotopic (exact) mass is 547 g/mol. The van der Waals surface area contributed by atoms with E-state index in [1.807, 2.05) is 12.1 Å². The highest BCUT2D eigenvalue weighted by atomic mass is 35.5. The van der Waals surface area contributed by atoms with Gasteiger partial charge < -0.3 is 9.26 Å². The summed E-state index contributed by atoms with van der Waals surface area (Å²) in [5.41, 5.74) is 0.201. The number of rotatable bonds is 6. The van der Waals surface area contributed by atoms with Crippen LogP contribution in [0.1, 0.15) is 26.6 Å². The standard InChI is InChI=1S/C25H23Cl2N3O5S/c1-15-28-24(35-29-15)18-6-5-17-10-21(8-7-16(17)9-18)30(14-23(31)34-25(2,3)4)36(32,33)22-12-19(26)11-20(27)13-22/h5-13H,14H2,1-4H3. The molecule has 0 aliphatic carbocycles. The predicted octanol–water partition coefficient (Wildman–Crippen LogP) is 6.04. The second-order valence-electron chi connectivity index (χ2n) is 9.10. The second kappa shape index (κ2) is 9.72. The van der Waals surface area contributed by atoms with Gasteiger partial charge in [-0.15, -0.1) is 0 Å². The van der Waals surface area contributed by atoms with Gasteiger partial charge in [0.1, 0.15) is 12.1 Å². The van der Waals surface area contributed by atoms with E-state index in [2.05, 4.69) is 10.1 Å². The number of sulfonamides is 1. The number of fused-ring (bicyclic) bond motifs is 1. The summed E-state index contributed by atoms with van der Waals surface area (Å²) in [6.07, 6.45) is 0. The zero-order chi connectivity index (χ0) is 26.3. The number of carbonyl (C=O) groups is 1. The van der Waals surface area contributed by atoms with Crippen molar-refractivity contribution in [3.63, 3.8) is 0 Å². The molecule has 0 aliphatic rings. The van der Waals surface area contributed by atoms with Crippen LogP contribution in [0.3, 0.4) is 0 Å². The molecule has 0 bridgehead atoms. The van der Waals surface area contributed by atoms with Crippen LogP contribution in [0.25, 0.3) is 22.2 Å². The molecule has 0 fully saturated rings. The van der Waals surface area contributed by atoms with Crippen molar-refractivity contribution in [3.8, 4) is 11.5 Å². The number of carbonyl (C=O) groups excluding carboxylic acids is 1. The SMILES string of the molecule is Cc1noc(-c2ccc3cc(N(CC(=O)OC(C)(C)C)S(=O)(=O)c4cc(Cl)cc(Cl)c4)ccc3c2)n1. The van der Waals surface area contributed by atoms with E-state index >= 15 is 0 Å². The molecule has 0 saturated heterocycles. The van der Waals surface area contributed by atoms with Gasteiger partial charge in [-0.1, -0.05) is 40.5 Å². The first-order valence-corrected chi connectivity index (χ1v) is 13.1. The fourth-order valence-corrected chi connectivity index (χ4v) is 5.67. The lowest BCUT2D eigenvalue weighted by Crippen LogP contribution is -2.39. The van der Waals surface area contributed by atoms with E-state index in [0.717, 1.165) is 20.6 Å². The molecule has 0 N–H and O–H groups in total. The molecule has 0 amide bonds. The van der Waals surface area contributed by atoms with E-state index in [1.165, 1.54) is 18.2 Å². The van der Waals surface area contributed by atoms with E-state index in [1.54, 1.807) is 52.0 Å². The molecule has 11 heteroatoms. The van der Waals surface area contributed by atoms with Crippen LogP contribution in [0.4, 0.5) is 5.69 Å². The molecule has 0 saturated carbocycles. The summed E-state index contributed by atoms with van der Waals surface area (Å²) in [6, 6.07) is 14.5. The Morgan fingerprint density at radius 1 is 1.00 bits per heavy atom. The Bertz CT molecular complexity index is 1540. The molecule has 0 unspecified atom stereocenters. The number of aromatic nitrogens is 2. The van der Waals surface area contributed by atoms with Gasteiger partial charge in [-0.2, -0.15) is 4.98 Å². The number of benzene rings is 3. The molecule has 8 nitrogen and oxygen atoms in total. The number of esters is 1. The smallest absolute Gasteiger partial charge is 0.327 e. The number of anilines is 1. The van der Waals surface area contributed by atoms with Gasteiger partial charge in [-0.3, -0.25) is 9.10 Å². The lowest BCUT2D eigenvalue weighted by atomic mass is 10.1. The van der Waals surface area contributed by atoms with Crippen molar-refractivity contribution in [1.29, 1.82) is 0 Å². The number of halogens is 2. The van der Waals surface area contributed by atoms with E-state index < -0.39 is 28.1 Å². The van der Waals surface area contributed by atoms with Gasteiger partial charge in [0.05, 0.1) is 10.6 Å². The fraction of sp³-hybridized carbons (Fsp3) is 0.240. The summed E-state index contributed by atoms with van der Waals surface area (Å²) < 4.78 is 39.0. The highest BCUT2D eigenvalue weighted by molar-refractivity contribution is 7.92. The molecule has 1 aromatic heterocycles. The molecule has 188 valence electrons. The number of hydrogen-bond acceptors (Lipinski definition) is 7. The Labute approximate surface area is 218 Å². The van der Waals surface area contributed by atoms with Gasteiger partial charge in [0.15, 0.2) is 5.82 Å². The van der Waals surface area contributed by atoms with E-state index in [-0.39, 0.29) is 20.6 Å².